The van der Waals surface area contributed by atoms with E-state index in [1.165, 1.54) is 23.5 Å². The number of nitrogens with zero attached hydrogens (tertiary/aromatic N) is 2. The van der Waals surface area contributed by atoms with Gasteiger partial charge in [0.25, 0.3) is 10.3 Å². The van der Waals surface area contributed by atoms with Gasteiger partial charge >= 0.3 is 5.88 Å². The number of hydrogen-bond donors (Lipinski definition) is 0. The Labute approximate surface area is 109 Å². The van der Waals surface area contributed by atoms with Gasteiger partial charge in [0.15, 0.2) is 0 Å². The Morgan fingerprint density at radius 3 is 2.94 bits per heavy atom. The SMILES string of the molecule is Cc1cnc(Oc2cc(Br)cc(Cl)[n+]2[O-])s1. The molecule has 0 saturated carbocycles. The van der Waals surface area contributed by atoms with E-state index in [-0.39, 0.29) is 11.0 Å². The largest absolute Gasteiger partial charge is 0.615 e. The minimum atomic E-state index is 0.0395. The highest BCUT2D eigenvalue weighted by Crippen LogP contribution is 2.26. The van der Waals surface area contributed by atoms with E-state index in [0.29, 0.717) is 14.4 Å². The maximum atomic E-state index is 11.5. The molecule has 0 radical (unpaired) electrons. The van der Waals surface area contributed by atoms with Crippen LogP contribution in [-0.4, -0.2) is 4.98 Å². The van der Waals surface area contributed by atoms with Crippen molar-refractivity contribution in [3.05, 3.63) is 38.0 Å². The molecule has 0 saturated heterocycles. The van der Waals surface area contributed by atoms with Crippen molar-refractivity contribution in [3.63, 3.8) is 0 Å². The van der Waals surface area contributed by atoms with Crippen LogP contribution in [0.5, 0.6) is 11.1 Å². The lowest BCUT2D eigenvalue weighted by atomic mass is 10.5. The predicted molar refractivity (Wildman–Crippen MR) is 65.0 cm³/mol. The Morgan fingerprint density at radius 1 is 1.56 bits per heavy atom. The van der Waals surface area contributed by atoms with Crippen molar-refractivity contribution in [2.24, 2.45) is 0 Å². The van der Waals surface area contributed by atoms with Crippen molar-refractivity contribution < 1.29 is 9.47 Å². The predicted octanol–water partition coefficient (Wildman–Crippen LogP) is 3.29. The van der Waals surface area contributed by atoms with E-state index in [4.69, 9.17) is 16.3 Å². The summed E-state index contributed by atoms with van der Waals surface area (Å²) in [7, 11) is 0. The fourth-order valence-electron chi connectivity index (χ4n) is 1.04. The molecule has 0 fully saturated rings. The summed E-state index contributed by atoms with van der Waals surface area (Å²) in [5.74, 6) is 0.0914. The van der Waals surface area contributed by atoms with E-state index >= 15 is 0 Å². The number of hydrogen-bond acceptors (Lipinski definition) is 4. The number of ether oxygens (including phenoxy) is 1. The van der Waals surface area contributed by atoms with Crippen LogP contribution in [0, 0.1) is 12.1 Å². The van der Waals surface area contributed by atoms with Gasteiger partial charge in [-0.25, -0.2) is 4.98 Å². The molecule has 84 valence electrons. The van der Waals surface area contributed by atoms with Gasteiger partial charge in [-0.1, -0.05) is 27.3 Å². The van der Waals surface area contributed by atoms with Crippen LogP contribution in [0.25, 0.3) is 0 Å². The minimum absolute atomic E-state index is 0.0395. The van der Waals surface area contributed by atoms with Crippen molar-refractivity contribution in [2.75, 3.05) is 0 Å². The molecule has 16 heavy (non-hydrogen) atoms. The highest BCUT2D eigenvalue weighted by Gasteiger charge is 2.15. The Bertz CT molecular complexity index is 532. The first-order valence-electron chi connectivity index (χ1n) is 4.25. The topological polar surface area (TPSA) is 49.1 Å². The molecule has 0 N–H and O–H groups in total. The first-order chi connectivity index (χ1) is 7.56. The van der Waals surface area contributed by atoms with Gasteiger partial charge < -0.3 is 9.94 Å². The maximum absolute atomic E-state index is 11.5. The van der Waals surface area contributed by atoms with Crippen LogP contribution < -0.4 is 9.47 Å². The van der Waals surface area contributed by atoms with Gasteiger partial charge in [0.2, 0.25) is 0 Å². The van der Waals surface area contributed by atoms with Gasteiger partial charge in [0, 0.05) is 21.6 Å². The molecule has 2 aromatic heterocycles. The standard InChI is InChI=1S/C9H6BrClN2O2S/c1-5-4-12-9(16-5)15-8-3-6(10)2-7(11)13(8)14/h2-4H,1H3. The van der Waals surface area contributed by atoms with Gasteiger partial charge in [0.1, 0.15) is 0 Å². The summed E-state index contributed by atoms with van der Waals surface area (Å²) in [6.45, 7) is 1.91. The molecule has 0 bridgehead atoms. The second-order valence-corrected chi connectivity index (χ2v) is 5.47. The number of thiazole rings is 1. The van der Waals surface area contributed by atoms with Crippen LogP contribution in [0.2, 0.25) is 5.15 Å². The molecular weight excluding hydrogens is 316 g/mol. The summed E-state index contributed by atoms with van der Waals surface area (Å²) in [6, 6.07) is 3.03. The normalized spacial score (nSPS) is 10.4. The van der Waals surface area contributed by atoms with Gasteiger partial charge in [0.05, 0.1) is 6.07 Å². The van der Waals surface area contributed by atoms with E-state index in [1.54, 1.807) is 6.20 Å². The maximum Gasteiger partial charge on any atom is 0.389 e. The van der Waals surface area contributed by atoms with Crippen LogP contribution in [0.15, 0.2) is 22.8 Å². The van der Waals surface area contributed by atoms with E-state index < -0.39 is 0 Å². The molecule has 0 amide bonds. The van der Waals surface area contributed by atoms with E-state index in [9.17, 15) is 5.21 Å². The zero-order valence-corrected chi connectivity index (χ0v) is 11.3. The molecular formula is C9H6BrClN2O2S. The van der Waals surface area contributed by atoms with Crippen LogP contribution in [0.4, 0.5) is 0 Å². The second kappa shape index (κ2) is 4.57. The number of pyridine rings is 1. The van der Waals surface area contributed by atoms with E-state index in [0.717, 1.165) is 4.88 Å². The Hall–Kier alpha value is -0.850. The number of rotatable bonds is 2. The smallest absolute Gasteiger partial charge is 0.389 e. The number of halogens is 2. The first kappa shape index (κ1) is 11.6. The highest BCUT2D eigenvalue weighted by molar-refractivity contribution is 9.10. The van der Waals surface area contributed by atoms with Gasteiger partial charge in [-0.15, -0.1) is 4.73 Å². The third-order valence-corrected chi connectivity index (χ3v) is 3.22. The molecule has 2 aromatic rings. The van der Waals surface area contributed by atoms with Crippen LogP contribution in [0.1, 0.15) is 4.88 Å². The summed E-state index contributed by atoms with van der Waals surface area (Å²) in [4.78, 5) is 5.01. The number of aromatic nitrogens is 2. The van der Waals surface area contributed by atoms with Gasteiger partial charge in [-0.05, 0) is 18.5 Å². The number of aryl methyl sites for hydroxylation is 1. The second-order valence-electron chi connectivity index (χ2n) is 2.97. The molecule has 0 atom stereocenters. The minimum Gasteiger partial charge on any atom is -0.615 e. The lowest BCUT2D eigenvalue weighted by Gasteiger charge is -2.05. The zero-order chi connectivity index (χ0) is 11.7. The van der Waals surface area contributed by atoms with E-state index in [1.807, 2.05) is 6.92 Å². The monoisotopic (exact) mass is 320 g/mol. The molecule has 2 heterocycles. The molecule has 0 unspecified atom stereocenters. The Morgan fingerprint density at radius 2 is 2.31 bits per heavy atom. The fraction of sp³-hybridized carbons (Fsp3) is 0.111. The summed E-state index contributed by atoms with van der Waals surface area (Å²) in [6.07, 6.45) is 1.68. The molecule has 0 aliphatic heterocycles. The zero-order valence-electron chi connectivity index (χ0n) is 8.11. The molecule has 0 aromatic carbocycles. The highest BCUT2D eigenvalue weighted by atomic mass is 79.9. The lowest BCUT2D eigenvalue weighted by Crippen LogP contribution is -2.29. The molecule has 0 aliphatic carbocycles. The van der Waals surface area contributed by atoms with Gasteiger partial charge in [-0.2, -0.15) is 0 Å². The average Bonchev–Trinajstić information content (AvgIpc) is 2.60. The lowest BCUT2D eigenvalue weighted by molar-refractivity contribution is -0.609. The van der Waals surface area contributed by atoms with Crippen molar-refractivity contribution in [2.45, 2.75) is 6.92 Å². The van der Waals surface area contributed by atoms with Crippen molar-refractivity contribution in [1.29, 1.82) is 0 Å². The average molecular weight is 322 g/mol. The summed E-state index contributed by atoms with van der Waals surface area (Å²) >= 11 is 10.3. The molecule has 7 heteroatoms. The van der Waals surface area contributed by atoms with Crippen LogP contribution in [-0.2, 0) is 0 Å². The Kier molecular flexibility index (Phi) is 3.32. The first-order valence-corrected chi connectivity index (χ1v) is 6.24. The summed E-state index contributed by atoms with van der Waals surface area (Å²) in [5, 5.41) is 12.0. The van der Waals surface area contributed by atoms with Crippen LogP contribution in [0.3, 0.4) is 0 Å². The van der Waals surface area contributed by atoms with Crippen molar-refractivity contribution in [1.82, 2.24) is 4.98 Å². The molecule has 4 nitrogen and oxygen atoms in total. The molecule has 0 aliphatic rings. The molecule has 2 rings (SSSR count). The van der Waals surface area contributed by atoms with Crippen molar-refractivity contribution in [3.8, 4) is 11.1 Å². The van der Waals surface area contributed by atoms with Crippen LogP contribution >= 0.6 is 38.9 Å². The van der Waals surface area contributed by atoms with Crippen molar-refractivity contribution >= 4 is 38.9 Å². The van der Waals surface area contributed by atoms with Gasteiger partial charge in [-0.3, -0.25) is 0 Å². The summed E-state index contributed by atoms with van der Waals surface area (Å²) < 4.78 is 6.51. The third kappa shape index (κ3) is 2.45. The Balaban J connectivity index is 2.34. The van der Waals surface area contributed by atoms with E-state index in [2.05, 4.69) is 20.9 Å². The quantitative estimate of drug-likeness (QED) is 0.484. The molecule has 0 spiro atoms. The fourth-order valence-corrected chi connectivity index (χ4v) is 2.40. The summed E-state index contributed by atoms with van der Waals surface area (Å²) in [5.41, 5.74) is 0. The third-order valence-electron chi connectivity index (χ3n) is 1.70.